The number of nitrogens with zero attached hydrogens (tertiary/aromatic N) is 2. The molecule has 9 heteroatoms. The van der Waals surface area contributed by atoms with Crippen molar-refractivity contribution >= 4 is 15.9 Å². The van der Waals surface area contributed by atoms with E-state index in [1.54, 1.807) is 18.3 Å². The van der Waals surface area contributed by atoms with Gasteiger partial charge < -0.3 is 9.73 Å². The fourth-order valence-corrected chi connectivity index (χ4v) is 5.07. The Kier molecular flexibility index (Phi) is 5.74. The average molecular weight is 429 g/mol. The van der Waals surface area contributed by atoms with E-state index in [0.717, 1.165) is 11.1 Å². The Morgan fingerprint density at radius 2 is 2.10 bits per heavy atom. The van der Waals surface area contributed by atoms with Gasteiger partial charge in [-0.3, -0.25) is 9.89 Å². The number of amides is 1. The maximum atomic E-state index is 13.0. The number of rotatable bonds is 6. The fourth-order valence-electron chi connectivity index (χ4n) is 3.63. The van der Waals surface area contributed by atoms with Gasteiger partial charge in [-0.1, -0.05) is 24.3 Å². The van der Waals surface area contributed by atoms with Crippen LogP contribution in [0.4, 0.5) is 0 Å². The van der Waals surface area contributed by atoms with Gasteiger partial charge in [0.2, 0.25) is 11.0 Å². The lowest BCUT2D eigenvalue weighted by Crippen LogP contribution is -2.45. The van der Waals surface area contributed by atoms with Crippen LogP contribution in [0.5, 0.6) is 0 Å². The summed E-state index contributed by atoms with van der Waals surface area (Å²) in [4.78, 5) is 12.7. The molecule has 1 amide bonds. The summed E-state index contributed by atoms with van der Waals surface area (Å²) in [7, 11) is -3.82. The van der Waals surface area contributed by atoms with Gasteiger partial charge in [0.1, 0.15) is 5.69 Å². The van der Waals surface area contributed by atoms with Crippen molar-refractivity contribution in [2.45, 2.75) is 31.4 Å². The van der Waals surface area contributed by atoms with Crippen molar-refractivity contribution in [3.63, 3.8) is 0 Å². The van der Waals surface area contributed by atoms with Crippen LogP contribution in [0.25, 0.3) is 11.5 Å². The van der Waals surface area contributed by atoms with Crippen LogP contribution in [-0.4, -0.2) is 41.9 Å². The Bertz CT molecular complexity index is 1120. The largest absolute Gasteiger partial charge is 0.442 e. The molecule has 0 radical (unpaired) electrons. The first kappa shape index (κ1) is 20.4. The van der Waals surface area contributed by atoms with E-state index in [0.29, 0.717) is 37.4 Å². The number of furan rings is 1. The zero-order chi connectivity index (χ0) is 21.1. The second kappa shape index (κ2) is 8.45. The molecule has 0 spiro atoms. The molecular formula is C21H24N4O4S. The molecule has 1 aromatic carbocycles. The smallest absolute Gasteiger partial charge is 0.276 e. The molecule has 3 aromatic rings. The topological polar surface area (TPSA) is 108 Å². The van der Waals surface area contributed by atoms with Crippen molar-refractivity contribution in [2.75, 3.05) is 13.1 Å². The third-order valence-corrected chi connectivity index (χ3v) is 7.15. The lowest BCUT2D eigenvalue weighted by molar-refractivity contribution is -0.126. The van der Waals surface area contributed by atoms with Crippen LogP contribution in [-0.2, 0) is 21.4 Å². The van der Waals surface area contributed by atoms with Crippen LogP contribution in [0.1, 0.15) is 24.0 Å². The number of piperidine rings is 1. The minimum atomic E-state index is -3.82. The maximum absolute atomic E-state index is 13.0. The number of sulfonamides is 1. The molecule has 4 rings (SSSR count). The van der Waals surface area contributed by atoms with Crippen molar-refractivity contribution in [1.82, 2.24) is 19.8 Å². The van der Waals surface area contributed by atoms with Gasteiger partial charge in [-0.25, -0.2) is 8.42 Å². The highest BCUT2D eigenvalue weighted by molar-refractivity contribution is 7.89. The number of aromatic amines is 1. The highest BCUT2D eigenvalue weighted by atomic mass is 32.2. The van der Waals surface area contributed by atoms with Gasteiger partial charge in [0.25, 0.3) is 10.0 Å². The van der Waals surface area contributed by atoms with Gasteiger partial charge in [-0.05, 0) is 49.1 Å². The predicted molar refractivity (Wildman–Crippen MR) is 111 cm³/mol. The molecule has 2 aromatic heterocycles. The molecule has 0 saturated carbocycles. The third-order valence-electron chi connectivity index (χ3n) is 5.41. The summed E-state index contributed by atoms with van der Waals surface area (Å²) in [5.41, 5.74) is 2.76. The quantitative estimate of drug-likeness (QED) is 0.628. The number of benzene rings is 1. The molecule has 0 aliphatic carbocycles. The SMILES string of the molecule is Cc1ccccc1CNC(=O)[C@H]1CCCN(S(=O)(=O)c2ccc(-c3ccn[nH]3)o2)C1. The van der Waals surface area contributed by atoms with Gasteiger partial charge in [-0.15, -0.1) is 0 Å². The molecule has 2 N–H and O–H groups in total. The third kappa shape index (κ3) is 4.17. The molecule has 1 fully saturated rings. The predicted octanol–water partition coefficient (Wildman–Crippen LogP) is 2.70. The molecule has 1 atom stereocenters. The summed E-state index contributed by atoms with van der Waals surface area (Å²) in [6.45, 7) is 2.93. The minimum Gasteiger partial charge on any atom is -0.442 e. The summed E-state index contributed by atoms with van der Waals surface area (Å²) in [5, 5.41) is 9.41. The molecule has 30 heavy (non-hydrogen) atoms. The number of hydrogen-bond donors (Lipinski definition) is 2. The van der Waals surface area contributed by atoms with E-state index in [1.165, 1.54) is 10.4 Å². The zero-order valence-corrected chi connectivity index (χ0v) is 17.5. The van der Waals surface area contributed by atoms with Gasteiger partial charge >= 0.3 is 0 Å². The highest BCUT2D eigenvalue weighted by Crippen LogP contribution is 2.28. The summed E-state index contributed by atoms with van der Waals surface area (Å²) < 4.78 is 33.0. The second-order valence-corrected chi connectivity index (χ2v) is 9.30. The highest BCUT2D eigenvalue weighted by Gasteiger charge is 2.35. The molecule has 0 bridgehead atoms. The number of aryl methyl sites for hydroxylation is 1. The van der Waals surface area contributed by atoms with Crippen molar-refractivity contribution in [2.24, 2.45) is 5.92 Å². The van der Waals surface area contributed by atoms with Gasteiger partial charge in [0.15, 0.2) is 5.76 Å². The van der Waals surface area contributed by atoms with Gasteiger partial charge in [0, 0.05) is 25.8 Å². The van der Waals surface area contributed by atoms with Crippen LogP contribution < -0.4 is 5.32 Å². The molecule has 8 nitrogen and oxygen atoms in total. The van der Waals surface area contributed by atoms with Crippen LogP contribution in [0.3, 0.4) is 0 Å². The summed E-state index contributed by atoms with van der Waals surface area (Å²) in [6.07, 6.45) is 2.84. The molecule has 1 saturated heterocycles. The molecule has 0 unspecified atom stereocenters. The van der Waals surface area contributed by atoms with E-state index in [2.05, 4.69) is 15.5 Å². The Morgan fingerprint density at radius 3 is 2.87 bits per heavy atom. The van der Waals surface area contributed by atoms with Gasteiger partial charge in [0.05, 0.1) is 5.92 Å². The van der Waals surface area contributed by atoms with E-state index in [-0.39, 0.29) is 23.5 Å². The molecule has 1 aliphatic rings. The average Bonchev–Trinajstić information content (AvgIpc) is 3.45. The Balaban J connectivity index is 1.42. The van der Waals surface area contributed by atoms with Crippen LogP contribution in [0, 0.1) is 12.8 Å². The van der Waals surface area contributed by atoms with E-state index < -0.39 is 10.0 Å². The van der Waals surface area contributed by atoms with E-state index in [9.17, 15) is 13.2 Å². The monoisotopic (exact) mass is 428 g/mol. The summed E-state index contributed by atoms with van der Waals surface area (Å²) >= 11 is 0. The molecule has 3 heterocycles. The first-order valence-corrected chi connectivity index (χ1v) is 11.3. The van der Waals surface area contributed by atoms with E-state index >= 15 is 0 Å². The first-order chi connectivity index (χ1) is 14.4. The Labute approximate surface area is 175 Å². The number of carbonyl (C=O) groups is 1. The van der Waals surface area contributed by atoms with Crippen molar-refractivity contribution < 1.29 is 17.6 Å². The first-order valence-electron chi connectivity index (χ1n) is 9.87. The standard InChI is InChI=1S/C21H24N4O4S/c1-15-5-2-3-6-16(15)13-22-21(26)17-7-4-12-25(14-17)30(27,28)20-9-8-19(29-20)18-10-11-23-24-18/h2-3,5-6,8-11,17H,4,7,12-14H2,1H3,(H,22,26)(H,23,24)/t17-/m0/s1. The normalized spacial score (nSPS) is 17.7. The Hall–Kier alpha value is -2.91. The molecule has 1 aliphatic heterocycles. The van der Waals surface area contributed by atoms with Crippen molar-refractivity contribution in [1.29, 1.82) is 0 Å². The van der Waals surface area contributed by atoms with E-state index in [1.807, 2.05) is 31.2 Å². The lowest BCUT2D eigenvalue weighted by atomic mass is 9.98. The molecule has 158 valence electrons. The number of H-pyrrole nitrogens is 1. The summed E-state index contributed by atoms with van der Waals surface area (Å²) in [6, 6.07) is 12.6. The van der Waals surface area contributed by atoms with E-state index in [4.69, 9.17) is 4.42 Å². The Morgan fingerprint density at radius 1 is 1.27 bits per heavy atom. The number of nitrogens with one attached hydrogen (secondary N) is 2. The van der Waals surface area contributed by atoms with Crippen LogP contribution in [0.15, 0.2) is 58.2 Å². The number of hydrogen-bond acceptors (Lipinski definition) is 5. The van der Waals surface area contributed by atoms with Crippen molar-refractivity contribution in [3.05, 3.63) is 59.8 Å². The lowest BCUT2D eigenvalue weighted by Gasteiger charge is -2.30. The maximum Gasteiger partial charge on any atom is 0.276 e. The zero-order valence-electron chi connectivity index (χ0n) is 16.7. The molecular weight excluding hydrogens is 404 g/mol. The minimum absolute atomic E-state index is 0.129. The summed E-state index contributed by atoms with van der Waals surface area (Å²) in [5.74, 6) is -0.120. The fraction of sp³-hybridized carbons (Fsp3) is 0.333. The van der Waals surface area contributed by atoms with Crippen molar-refractivity contribution in [3.8, 4) is 11.5 Å². The number of carbonyl (C=O) groups excluding carboxylic acids is 1. The van der Waals surface area contributed by atoms with Gasteiger partial charge in [-0.2, -0.15) is 9.40 Å². The van der Waals surface area contributed by atoms with Crippen LogP contribution in [0.2, 0.25) is 0 Å². The second-order valence-electron chi connectivity index (χ2n) is 7.44. The van der Waals surface area contributed by atoms with Crippen LogP contribution >= 0.6 is 0 Å². The number of aromatic nitrogens is 2.